The minimum absolute atomic E-state index is 0.0300. The number of amides is 1. The maximum Gasteiger partial charge on any atom is 0.220 e. The van der Waals surface area contributed by atoms with E-state index in [0.717, 1.165) is 32.5 Å². The Labute approximate surface area is 157 Å². The van der Waals surface area contributed by atoms with Crippen molar-refractivity contribution in [3.8, 4) is 0 Å². The predicted molar refractivity (Wildman–Crippen MR) is 104 cm³/mol. The maximum atomic E-state index is 12.2. The summed E-state index contributed by atoms with van der Waals surface area (Å²) in [7, 11) is 0. The van der Waals surface area contributed by atoms with Crippen LogP contribution in [0.3, 0.4) is 0 Å². The summed E-state index contributed by atoms with van der Waals surface area (Å²) in [5.41, 5.74) is 1.18. The van der Waals surface area contributed by atoms with Gasteiger partial charge in [0.2, 0.25) is 5.91 Å². The van der Waals surface area contributed by atoms with Gasteiger partial charge in [-0.05, 0) is 57.7 Å². The van der Waals surface area contributed by atoms with Gasteiger partial charge in [0.05, 0.1) is 13.2 Å². The molecule has 0 radical (unpaired) electrons. The summed E-state index contributed by atoms with van der Waals surface area (Å²) < 4.78 is 5.20. The van der Waals surface area contributed by atoms with Gasteiger partial charge in [-0.3, -0.25) is 9.69 Å². The summed E-state index contributed by atoms with van der Waals surface area (Å²) in [6.07, 6.45) is 3.39. The third kappa shape index (κ3) is 7.06. The first-order valence-corrected chi connectivity index (χ1v) is 9.77. The summed E-state index contributed by atoms with van der Waals surface area (Å²) in [5, 5.41) is 11.9. The summed E-state index contributed by atoms with van der Waals surface area (Å²) in [6, 6.07) is 10.6. The molecular weight excluding hydrogens is 328 g/mol. The zero-order valence-electron chi connectivity index (χ0n) is 16.2. The maximum absolute atomic E-state index is 12.2. The molecule has 1 saturated heterocycles. The van der Waals surface area contributed by atoms with Crippen molar-refractivity contribution in [1.29, 1.82) is 0 Å². The Morgan fingerprint density at radius 2 is 1.92 bits per heavy atom. The summed E-state index contributed by atoms with van der Waals surface area (Å²) in [6.45, 7) is 8.34. The molecule has 1 aromatic rings. The third-order valence-corrected chi connectivity index (χ3v) is 5.25. The zero-order chi connectivity index (χ0) is 18.8. The summed E-state index contributed by atoms with van der Waals surface area (Å²) in [5.74, 6) is 0.596. The van der Waals surface area contributed by atoms with E-state index in [1.54, 1.807) is 0 Å². The number of carbonyl (C=O) groups excluding carboxylic acids is 1. The van der Waals surface area contributed by atoms with Crippen LogP contribution in [-0.2, 0) is 16.1 Å². The van der Waals surface area contributed by atoms with Crippen molar-refractivity contribution in [2.24, 2.45) is 5.92 Å². The van der Waals surface area contributed by atoms with Gasteiger partial charge >= 0.3 is 0 Å². The van der Waals surface area contributed by atoms with Gasteiger partial charge in [0.1, 0.15) is 0 Å². The fourth-order valence-corrected chi connectivity index (χ4v) is 3.68. The van der Waals surface area contributed by atoms with Crippen LogP contribution in [0.1, 0.15) is 45.1 Å². The Morgan fingerprint density at radius 3 is 2.58 bits per heavy atom. The molecule has 0 aromatic heterocycles. The molecule has 1 aliphatic heterocycles. The molecule has 146 valence electrons. The normalized spacial score (nSPS) is 16.6. The van der Waals surface area contributed by atoms with Crippen LogP contribution in [0.25, 0.3) is 0 Å². The SMILES string of the molecule is CC(C)(NC(=O)CCCOCCO)C1CCN(Cc2ccccc2)CC1. The Balaban J connectivity index is 1.70. The quantitative estimate of drug-likeness (QED) is 0.628. The number of nitrogens with one attached hydrogen (secondary N) is 1. The standard InChI is InChI=1S/C21H34N2O3/c1-21(2,22-20(25)9-6-15-26-16-14-24)19-10-12-23(13-11-19)17-18-7-4-3-5-8-18/h3-5,7-8,19,24H,6,9-17H2,1-2H3,(H,22,25). The van der Waals surface area contributed by atoms with E-state index in [1.165, 1.54) is 5.56 Å². The van der Waals surface area contributed by atoms with E-state index in [4.69, 9.17) is 9.84 Å². The van der Waals surface area contributed by atoms with E-state index in [-0.39, 0.29) is 18.1 Å². The Kier molecular flexibility index (Phi) is 8.55. The second-order valence-electron chi connectivity index (χ2n) is 7.75. The van der Waals surface area contributed by atoms with Gasteiger partial charge in [0.25, 0.3) is 0 Å². The van der Waals surface area contributed by atoms with E-state index < -0.39 is 0 Å². The number of hydrogen-bond donors (Lipinski definition) is 2. The van der Waals surface area contributed by atoms with Crippen LogP contribution in [0.5, 0.6) is 0 Å². The predicted octanol–water partition coefficient (Wildman–Crippen LogP) is 2.58. The fourth-order valence-electron chi connectivity index (χ4n) is 3.68. The topological polar surface area (TPSA) is 61.8 Å². The lowest BCUT2D eigenvalue weighted by Gasteiger charge is -2.41. The third-order valence-electron chi connectivity index (χ3n) is 5.25. The number of carbonyl (C=O) groups is 1. The van der Waals surface area contributed by atoms with Crippen molar-refractivity contribution in [2.75, 3.05) is 32.9 Å². The van der Waals surface area contributed by atoms with E-state index in [1.807, 2.05) is 0 Å². The van der Waals surface area contributed by atoms with Gasteiger partial charge in [-0.2, -0.15) is 0 Å². The minimum atomic E-state index is -0.179. The molecule has 1 aromatic carbocycles. The van der Waals surface area contributed by atoms with Crippen LogP contribution in [0, 0.1) is 5.92 Å². The fraction of sp³-hybridized carbons (Fsp3) is 0.667. The molecule has 0 spiro atoms. The first-order valence-electron chi connectivity index (χ1n) is 9.77. The Bertz CT molecular complexity index is 525. The van der Waals surface area contributed by atoms with Gasteiger partial charge in [0, 0.05) is 25.1 Å². The molecule has 0 atom stereocenters. The highest BCUT2D eigenvalue weighted by molar-refractivity contribution is 5.76. The Morgan fingerprint density at radius 1 is 1.23 bits per heavy atom. The number of likely N-dealkylation sites (tertiary alicyclic amines) is 1. The van der Waals surface area contributed by atoms with Crippen LogP contribution in [0.2, 0.25) is 0 Å². The molecule has 26 heavy (non-hydrogen) atoms. The molecule has 5 nitrogen and oxygen atoms in total. The first kappa shape index (κ1) is 20.9. The molecule has 2 rings (SSSR count). The van der Waals surface area contributed by atoms with Crippen molar-refractivity contribution in [3.63, 3.8) is 0 Å². The second-order valence-corrected chi connectivity index (χ2v) is 7.75. The summed E-state index contributed by atoms with van der Waals surface area (Å²) in [4.78, 5) is 14.7. The van der Waals surface area contributed by atoms with Crippen molar-refractivity contribution >= 4 is 5.91 Å². The summed E-state index contributed by atoms with van der Waals surface area (Å²) >= 11 is 0. The molecule has 0 unspecified atom stereocenters. The second kappa shape index (κ2) is 10.7. The number of benzene rings is 1. The minimum Gasteiger partial charge on any atom is -0.394 e. The lowest BCUT2D eigenvalue weighted by molar-refractivity contribution is -0.123. The molecule has 1 heterocycles. The van der Waals surface area contributed by atoms with Gasteiger partial charge in [-0.15, -0.1) is 0 Å². The molecule has 0 aliphatic carbocycles. The number of rotatable bonds is 10. The zero-order valence-corrected chi connectivity index (χ0v) is 16.2. The monoisotopic (exact) mass is 362 g/mol. The lowest BCUT2D eigenvalue weighted by Crippen LogP contribution is -2.52. The van der Waals surface area contributed by atoms with Crippen LogP contribution in [-0.4, -0.2) is 54.4 Å². The average molecular weight is 363 g/mol. The van der Waals surface area contributed by atoms with E-state index in [0.29, 0.717) is 32.0 Å². The molecule has 1 fully saturated rings. The number of aliphatic hydroxyl groups is 1. The van der Waals surface area contributed by atoms with E-state index in [2.05, 4.69) is 54.4 Å². The molecule has 2 N–H and O–H groups in total. The number of piperidine rings is 1. The number of nitrogens with zero attached hydrogens (tertiary/aromatic N) is 1. The number of aliphatic hydroxyl groups excluding tert-OH is 1. The molecule has 0 saturated carbocycles. The highest BCUT2D eigenvalue weighted by Gasteiger charge is 2.33. The van der Waals surface area contributed by atoms with Crippen molar-refractivity contribution < 1.29 is 14.6 Å². The number of hydrogen-bond acceptors (Lipinski definition) is 4. The van der Waals surface area contributed by atoms with Gasteiger partial charge in [0.15, 0.2) is 0 Å². The molecule has 5 heteroatoms. The molecular formula is C21H34N2O3. The molecule has 1 aliphatic rings. The molecule has 0 bridgehead atoms. The van der Waals surface area contributed by atoms with Crippen molar-refractivity contribution in [3.05, 3.63) is 35.9 Å². The smallest absolute Gasteiger partial charge is 0.220 e. The van der Waals surface area contributed by atoms with Crippen LogP contribution < -0.4 is 5.32 Å². The van der Waals surface area contributed by atoms with Crippen molar-refractivity contribution in [2.45, 2.75) is 51.6 Å². The van der Waals surface area contributed by atoms with Gasteiger partial charge < -0.3 is 15.2 Å². The highest BCUT2D eigenvalue weighted by atomic mass is 16.5. The van der Waals surface area contributed by atoms with Gasteiger partial charge in [-0.1, -0.05) is 30.3 Å². The van der Waals surface area contributed by atoms with Crippen LogP contribution in [0.4, 0.5) is 0 Å². The van der Waals surface area contributed by atoms with E-state index >= 15 is 0 Å². The highest BCUT2D eigenvalue weighted by Crippen LogP contribution is 2.29. The first-order chi connectivity index (χ1) is 12.5. The Hall–Kier alpha value is -1.43. The number of ether oxygens (including phenoxy) is 1. The largest absolute Gasteiger partial charge is 0.394 e. The van der Waals surface area contributed by atoms with E-state index in [9.17, 15) is 4.79 Å². The van der Waals surface area contributed by atoms with Crippen LogP contribution in [0.15, 0.2) is 30.3 Å². The lowest BCUT2D eigenvalue weighted by atomic mass is 9.80. The van der Waals surface area contributed by atoms with Gasteiger partial charge in [-0.25, -0.2) is 0 Å². The van der Waals surface area contributed by atoms with Crippen molar-refractivity contribution in [1.82, 2.24) is 10.2 Å². The van der Waals surface area contributed by atoms with Crippen LogP contribution >= 0.6 is 0 Å². The molecule has 1 amide bonds. The average Bonchev–Trinajstić information content (AvgIpc) is 2.62.